The molecule has 17 nitrogen and oxygen atoms in total. The summed E-state index contributed by atoms with van der Waals surface area (Å²) in [6.07, 6.45) is 5.53. The first-order valence-corrected chi connectivity index (χ1v) is 20.8. The molecule has 9 N–H and O–H groups in total. The van der Waals surface area contributed by atoms with Crippen LogP contribution in [0.15, 0.2) is 79.1 Å². The molecule has 0 unspecified atom stereocenters. The van der Waals surface area contributed by atoms with Crippen molar-refractivity contribution in [3.63, 3.8) is 0 Å². The van der Waals surface area contributed by atoms with Crippen LogP contribution in [0.5, 0.6) is 57.5 Å². The number of phenols is 8. The van der Waals surface area contributed by atoms with E-state index in [2.05, 4.69) is 5.32 Å². The lowest BCUT2D eigenvalue weighted by Crippen LogP contribution is -2.31. The van der Waals surface area contributed by atoms with Crippen molar-refractivity contribution in [3.8, 4) is 80.1 Å². The van der Waals surface area contributed by atoms with E-state index in [-0.39, 0.29) is 118 Å². The van der Waals surface area contributed by atoms with Gasteiger partial charge in [0.1, 0.15) is 50.7 Å². The van der Waals surface area contributed by atoms with Crippen molar-refractivity contribution in [3.05, 3.63) is 81.1 Å². The van der Waals surface area contributed by atoms with Gasteiger partial charge in [0.25, 0.3) is 0 Å². The summed E-state index contributed by atoms with van der Waals surface area (Å²) in [6, 6.07) is 11.8. The lowest BCUT2D eigenvalue weighted by molar-refractivity contribution is -0.122. The van der Waals surface area contributed by atoms with Gasteiger partial charge in [0, 0.05) is 61.2 Å². The number of nitrogens with one attached hydrogen (secondary N) is 1. The Morgan fingerprint density at radius 2 is 1.03 bits per heavy atom. The van der Waals surface area contributed by atoms with Crippen LogP contribution in [0.4, 0.5) is 0 Å². The summed E-state index contributed by atoms with van der Waals surface area (Å²) in [7, 11) is 0. The number of carbonyl (C=O) groups excluding carboxylic acids is 2. The van der Waals surface area contributed by atoms with E-state index in [1.807, 2.05) is 0 Å². The highest BCUT2D eigenvalue weighted by Gasteiger charge is 2.25. The highest BCUT2D eigenvalue weighted by molar-refractivity contribution is 5.89. The third-order valence-corrected chi connectivity index (χ3v) is 11.3. The summed E-state index contributed by atoms with van der Waals surface area (Å²) in [5.74, 6) is -3.73. The molecule has 6 aromatic rings. The zero-order chi connectivity index (χ0) is 45.7. The standard InChI is InChI=1S/C47H47NO16/c49-28(3-1-15-61-46-42(59)40-35(56)19-29(50)21-37(40)63-44(46)26-10-13-31(52)33(54)17-26)12-9-24-5-7-25(8-6-24)23-48-39(58)4-2-16-62-47-43(60)41-36(57)20-30(51)22-38(41)64-45(47)27-11-14-32(53)34(55)18-27/h10-11,13-14,17-22,24-25,50-57H,1-9,12,15-16,23H2,(H,48,58). The molecule has 0 aliphatic heterocycles. The predicted octanol–water partition coefficient (Wildman–Crippen LogP) is 7.17. The van der Waals surface area contributed by atoms with Gasteiger partial charge in [-0.3, -0.25) is 19.2 Å². The Hall–Kier alpha value is -7.56. The maximum absolute atomic E-state index is 13.5. The van der Waals surface area contributed by atoms with Crippen molar-refractivity contribution in [2.24, 2.45) is 11.8 Å². The van der Waals surface area contributed by atoms with Crippen LogP contribution in [0.3, 0.4) is 0 Å². The monoisotopic (exact) mass is 881 g/mol. The zero-order valence-corrected chi connectivity index (χ0v) is 34.5. The molecule has 1 fully saturated rings. The molecule has 1 amide bonds. The molecular weight excluding hydrogens is 835 g/mol. The minimum absolute atomic E-state index is 0.0320. The molecule has 7 rings (SSSR count). The number of phenolic OH excluding ortho intramolecular Hbond substituents is 8. The summed E-state index contributed by atoms with van der Waals surface area (Å²) in [6.45, 7) is 0.396. The minimum Gasteiger partial charge on any atom is -0.508 e. The van der Waals surface area contributed by atoms with E-state index in [0.29, 0.717) is 25.3 Å². The van der Waals surface area contributed by atoms with E-state index in [9.17, 15) is 60.0 Å². The van der Waals surface area contributed by atoms with Crippen molar-refractivity contribution >= 4 is 33.6 Å². The smallest absolute Gasteiger partial charge is 0.239 e. The fraction of sp³-hybridized carbons (Fsp3) is 0.319. The van der Waals surface area contributed by atoms with Gasteiger partial charge in [-0.25, -0.2) is 0 Å². The lowest BCUT2D eigenvalue weighted by Gasteiger charge is -2.28. The summed E-state index contributed by atoms with van der Waals surface area (Å²) in [5.41, 5.74) is -1.34. The number of ether oxygens (including phenoxy) is 2. The second-order valence-corrected chi connectivity index (χ2v) is 15.9. The molecule has 4 aromatic carbocycles. The predicted molar refractivity (Wildman–Crippen MR) is 231 cm³/mol. The number of rotatable bonds is 17. The van der Waals surface area contributed by atoms with E-state index in [1.165, 1.54) is 36.4 Å². The minimum atomic E-state index is -0.734. The van der Waals surface area contributed by atoms with Gasteiger partial charge < -0.3 is 64.5 Å². The first kappa shape index (κ1) is 44.5. The van der Waals surface area contributed by atoms with E-state index >= 15 is 0 Å². The molecule has 1 saturated carbocycles. The van der Waals surface area contributed by atoms with Gasteiger partial charge >= 0.3 is 0 Å². The Morgan fingerprint density at radius 1 is 0.562 bits per heavy atom. The Bertz CT molecular complexity index is 2650. The van der Waals surface area contributed by atoms with Crippen LogP contribution in [0.2, 0.25) is 0 Å². The Labute approximate surface area is 364 Å². The fourth-order valence-electron chi connectivity index (χ4n) is 7.92. The van der Waals surface area contributed by atoms with E-state index in [1.54, 1.807) is 0 Å². The summed E-state index contributed by atoms with van der Waals surface area (Å²) < 4.78 is 23.3. The van der Waals surface area contributed by atoms with Crippen LogP contribution < -0.4 is 25.6 Å². The molecule has 17 heteroatoms. The van der Waals surface area contributed by atoms with Gasteiger partial charge in [-0.05, 0) is 80.3 Å². The number of fused-ring (bicyclic) bond motifs is 2. The summed E-state index contributed by atoms with van der Waals surface area (Å²) in [5, 5.41) is 82.8. The Kier molecular flexibility index (Phi) is 13.4. The van der Waals surface area contributed by atoms with Crippen LogP contribution >= 0.6 is 0 Å². The topological polar surface area (TPSA) is 287 Å². The largest absolute Gasteiger partial charge is 0.508 e. The van der Waals surface area contributed by atoms with Crippen LogP contribution in [-0.2, 0) is 9.59 Å². The molecule has 0 saturated heterocycles. The van der Waals surface area contributed by atoms with E-state index in [4.69, 9.17) is 18.3 Å². The van der Waals surface area contributed by atoms with Crippen molar-refractivity contribution in [1.82, 2.24) is 5.32 Å². The number of amides is 1. The maximum atomic E-state index is 13.5. The second kappa shape index (κ2) is 19.2. The molecule has 1 aliphatic rings. The van der Waals surface area contributed by atoms with Crippen molar-refractivity contribution in [2.45, 2.75) is 64.2 Å². The number of benzene rings is 4. The molecule has 2 heterocycles. The maximum Gasteiger partial charge on any atom is 0.239 e. The molecule has 2 aromatic heterocycles. The van der Waals surface area contributed by atoms with Crippen molar-refractivity contribution in [2.75, 3.05) is 19.8 Å². The number of carbonyl (C=O) groups is 2. The van der Waals surface area contributed by atoms with Gasteiger partial charge in [-0.15, -0.1) is 0 Å². The molecule has 64 heavy (non-hydrogen) atoms. The lowest BCUT2D eigenvalue weighted by atomic mass is 9.79. The molecule has 0 radical (unpaired) electrons. The Balaban J connectivity index is 0.833. The number of ketones is 1. The Morgan fingerprint density at radius 3 is 1.52 bits per heavy atom. The van der Waals surface area contributed by atoms with Crippen LogP contribution in [-0.4, -0.2) is 72.3 Å². The number of Topliss-reactive ketones (excluding diaryl/α,β-unsaturated/α-hetero) is 1. The highest BCUT2D eigenvalue weighted by Crippen LogP contribution is 2.40. The van der Waals surface area contributed by atoms with E-state index in [0.717, 1.165) is 56.4 Å². The van der Waals surface area contributed by atoms with Gasteiger partial charge in [-0.1, -0.05) is 12.8 Å². The number of hydrogen-bond donors (Lipinski definition) is 9. The SMILES string of the molecule is O=C(CCCOc1c(-c2ccc(O)c(O)c2)oc2cc(O)cc(O)c2c1=O)CCC1CCC(CNC(=O)CCCOc2c(-c3ccc(O)c(O)c3)oc3cc(O)cc(O)c3c2=O)CC1. The average Bonchev–Trinajstić information content (AvgIpc) is 3.25. The fourth-order valence-corrected chi connectivity index (χ4v) is 7.92. The highest BCUT2D eigenvalue weighted by atomic mass is 16.5. The average molecular weight is 882 g/mol. The molecule has 1 aliphatic carbocycles. The van der Waals surface area contributed by atoms with E-state index < -0.39 is 45.4 Å². The van der Waals surface area contributed by atoms with Crippen molar-refractivity contribution in [1.29, 1.82) is 0 Å². The number of hydrogen-bond acceptors (Lipinski definition) is 16. The molecule has 336 valence electrons. The quantitative estimate of drug-likeness (QED) is 0.0324. The molecule has 0 atom stereocenters. The summed E-state index contributed by atoms with van der Waals surface area (Å²) in [4.78, 5) is 52.5. The van der Waals surface area contributed by atoms with Crippen molar-refractivity contribution < 1.29 is 68.7 Å². The zero-order valence-electron chi connectivity index (χ0n) is 34.5. The third-order valence-electron chi connectivity index (χ3n) is 11.3. The van der Waals surface area contributed by atoms with Gasteiger partial charge in [-0.2, -0.15) is 0 Å². The first-order valence-electron chi connectivity index (χ1n) is 20.8. The van der Waals surface area contributed by atoms with Crippen LogP contribution in [0, 0.1) is 11.8 Å². The van der Waals surface area contributed by atoms with Gasteiger partial charge in [0.05, 0.1) is 13.2 Å². The second-order valence-electron chi connectivity index (χ2n) is 15.9. The molecule has 0 spiro atoms. The van der Waals surface area contributed by atoms with Crippen LogP contribution in [0.25, 0.3) is 44.6 Å². The van der Waals surface area contributed by atoms with Gasteiger partial charge in [0.15, 0.2) is 34.5 Å². The molecular formula is C47H47NO16. The summed E-state index contributed by atoms with van der Waals surface area (Å²) >= 11 is 0. The van der Waals surface area contributed by atoms with Gasteiger partial charge in [0.2, 0.25) is 28.3 Å². The van der Waals surface area contributed by atoms with Crippen LogP contribution in [0.1, 0.15) is 64.2 Å². The first-order chi connectivity index (χ1) is 30.7. The third kappa shape index (κ3) is 10.0. The molecule has 0 bridgehead atoms. The normalized spacial score (nSPS) is 15.0. The number of aromatic hydroxyl groups is 8.